The van der Waals surface area contributed by atoms with Gasteiger partial charge in [0.1, 0.15) is 11.5 Å². The Kier molecular flexibility index (Phi) is 4.36. The first-order valence-electron chi connectivity index (χ1n) is 7.78. The number of hydrogen-bond donors (Lipinski definition) is 0. The Morgan fingerprint density at radius 2 is 1.80 bits per heavy atom. The second-order valence-corrected chi connectivity index (χ2v) is 5.94. The highest BCUT2D eigenvalue weighted by atomic mass is 16.5. The summed E-state index contributed by atoms with van der Waals surface area (Å²) in [4.78, 5) is 14.3. The third-order valence-electron chi connectivity index (χ3n) is 4.51. The molecular formula is C17H23NO2. The molecule has 0 aliphatic carbocycles. The predicted molar refractivity (Wildman–Crippen MR) is 78.9 cm³/mol. The minimum absolute atomic E-state index is 0.469. The van der Waals surface area contributed by atoms with Gasteiger partial charge in [-0.1, -0.05) is 24.6 Å². The maximum Gasteiger partial charge on any atom is 0.136 e. The quantitative estimate of drug-likeness (QED) is 0.772. The SMILES string of the molecule is O=C1CC2CCCC(C1)N2CCCOc1ccccc1. The van der Waals surface area contributed by atoms with Crippen molar-refractivity contribution in [1.82, 2.24) is 4.90 Å². The largest absolute Gasteiger partial charge is 0.494 e. The summed E-state index contributed by atoms with van der Waals surface area (Å²) >= 11 is 0. The summed E-state index contributed by atoms with van der Waals surface area (Å²) in [5.41, 5.74) is 0. The van der Waals surface area contributed by atoms with E-state index in [0.29, 0.717) is 17.9 Å². The molecule has 2 atom stereocenters. The summed E-state index contributed by atoms with van der Waals surface area (Å²) in [6.45, 7) is 1.82. The lowest BCUT2D eigenvalue weighted by molar-refractivity contribution is -0.127. The average Bonchev–Trinajstić information content (AvgIpc) is 2.45. The number of benzene rings is 1. The van der Waals surface area contributed by atoms with Crippen LogP contribution in [0.2, 0.25) is 0 Å². The van der Waals surface area contributed by atoms with Crippen molar-refractivity contribution in [2.24, 2.45) is 0 Å². The number of Topliss-reactive ketones (excluding diaryl/α,β-unsaturated/α-hetero) is 1. The number of fused-ring (bicyclic) bond motifs is 2. The highest BCUT2D eigenvalue weighted by Crippen LogP contribution is 2.32. The van der Waals surface area contributed by atoms with Crippen LogP contribution in [0.25, 0.3) is 0 Å². The molecule has 1 aromatic rings. The average molecular weight is 273 g/mol. The molecule has 0 N–H and O–H groups in total. The summed E-state index contributed by atoms with van der Waals surface area (Å²) in [5, 5.41) is 0. The van der Waals surface area contributed by atoms with Gasteiger partial charge in [-0.3, -0.25) is 9.69 Å². The van der Waals surface area contributed by atoms with Crippen LogP contribution in [-0.2, 0) is 4.79 Å². The van der Waals surface area contributed by atoms with Crippen LogP contribution in [0.4, 0.5) is 0 Å². The van der Waals surface area contributed by atoms with Gasteiger partial charge in [0.05, 0.1) is 6.61 Å². The Hall–Kier alpha value is -1.35. The zero-order valence-corrected chi connectivity index (χ0v) is 12.0. The number of rotatable bonds is 5. The van der Waals surface area contributed by atoms with Gasteiger partial charge in [-0.25, -0.2) is 0 Å². The molecule has 0 spiro atoms. The summed E-state index contributed by atoms with van der Waals surface area (Å²) in [5.74, 6) is 1.41. The summed E-state index contributed by atoms with van der Waals surface area (Å²) in [7, 11) is 0. The Balaban J connectivity index is 1.45. The maximum atomic E-state index is 11.7. The number of carbonyl (C=O) groups excluding carboxylic acids is 1. The van der Waals surface area contributed by atoms with Crippen molar-refractivity contribution >= 4 is 5.78 Å². The van der Waals surface area contributed by atoms with Gasteiger partial charge in [0.2, 0.25) is 0 Å². The molecule has 108 valence electrons. The molecule has 1 aromatic carbocycles. The second kappa shape index (κ2) is 6.40. The number of hydrogen-bond acceptors (Lipinski definition) is 3. The fraction of sp³-hybridized carbons (Fsp3) is 0.588. The van der Waals surface area contributed by atoms with Crippen LogP contribution in [0.1, 0.15) is 38.5 Å². The third kappa shape index (κ3) is 3.21. The van der Waals surface area contributed by atoms with E-state index in [9.17, 15) is 4.79 Å². The van der Waals surface area contributed by atoms with Crippen LogP contribution in [0.5, 0.6) is 5.75 Å². The molecule has 2 saturated heterocycles. The Morgan fingerprint density at radius 3 is 2.50 bits per heavy atom. The Labute approximate surface area is 120 Å². The normalized spacial score (nSPS) is 26.5. The molecule has 0 radical (unpaired) electrons. The van der Waals surface area contributed by atoms with E-state index >= 15 is 0 Å². The standard InChI is InChI=1S/C17H23NO2/c19-16-12-14-6-4-7-15(13-16)18(14)10-5-11-20-17-8-2-1-3-9-17/h1-3,8-9,14-15H,4-7,10-13H2. The lowest BCUT2D eigenvalue weighted by Crippen LogP contribution is -2.52. The van der Waals surface area contributed by atoms with Gasteiger partial charge in [-0.15, -0.1) is 0 Å². The molecule has 20 heavy (non-hydrogen) atoms. The first-order chi connectivity index (χ1) is 9.83. The second-order valence-electron chi connectivity index (χ2n) is 5.94. The van der Waals surface area contributed by atoms with E-state index in [2.05, 4.69) is 4.90 Å². The summed E-state index contributed by atoms with van der Waals surface area (Å²) in [6.07, 6.45) is 6.27. The highest BCUT2D eigenvalue weighted by molar-refractivity contribution is 5.80. The summed E-state index contributed by atoms with van der Waals surface area (Å²) in [6, 6.07) is 11.0. The molecule has 0 saturated carbocycles. The van der Waals surface area contributed by atoms with Crippen molar-refractivity contribution in [3.63, 3.8) is 0 Å². The van der Waals surface area contributed by atoms with Gasteiger partial charge in [0.15, 0.2) is 0 Å². The van der Waals surface area contributed by atoms with Crippen LogP contribution >= 0.6 is 0 Å². The maximum absolute atomic E-state index is 11.7. The zero-order chi connectivity index (χ0) is 13.8. The molecular weight excluding hydrogens is 250 g/mol. The van der Waals surface area contributed by atoms with Crippen molar-refractivity contribution in [2.75, 3.05) is 13.2 Å². The van der Waals surface area contributed by atoms with Crippen molar-refractivity contribution < 1.29 is 9.53 Å². The molecule has 2 heterocycles. The highest BCUT2D eigenvalue weighted by Gasteiger charge is 2.36. The van der Waals surface area contributed by atoms with Gasteiger partial charge in [-0.2, -0.15) is 0 Å². The van der Waals surface area contributed by atoms with Crippen molar-refractivity contribution in [2.45, 2.75) is 50.6 Å². The van der Waals surface area contributed by atoms with Crippen LogP contribution in [0.3, 0.4) is 0 Å². The van der Waals surface area contributed by atoms with Crippen LogP contribution in [0, 0.1) is 0 Å². The molecule has 2 aliphatic rings. The number of nitrogens with zero attached hydrogens (tertiary/aromatic N) is 1. The molecule has 0 aromatic heterocycles. The van der Waals surface area contributed by atoms with E-state index < -0.39 is 0 Å². The summed E-state index contributed by atoms with van der Waals surface area (Å²) < 4.78 is 5.75. The number of ether oxygens (including phenoxy) is 1. The molecule has 3 nitrogen and oxygen atoms in total. The molecule has 3 heteroatoms. The van der Waals surface area contributed by atoms with E-state index in [4.69, 9.17) is 4.74 Å². The molecule has 3 rings (SSSR count). The fourth-order valence-electron chi connectivity index (χ4n) is 3.59. The molecule has 2 fully saturated rings. The zero-order valence-electron chi connectivity index (χ0n) is 12.0. The fourth-order valence-corrected chi connectivity index (χ4v) is 3.59. The van der Waals surface area contributed by atoms with Gasteiger partial charge in [-0.05, 0) is 31.4 Å². The Morgan fingerprint density at radius 1 is 1.10 bits per heavy atom. The van der Waals surface area contributed by atoms with Gasteiger partial charge >= 0.3 is 0 Å². The predicted octanol–water partition coefficient (Wildman–Crippen LogP) is 3.04. The van der Waals surface area contributed by atoms with Gasteiger partial charge < -0.3 is 4.74 Å². The van der Waals surface area contributed by atoms with Crippen LogP contribution in [-0.4, -0.2) is 35.9 Å². The third-order valence-corrected chi connectivity index (χ3v) is 4.51. The van der Waals surface area contributed by atoms with E-state index in [0.717, 1.165) is 38.2 Å². The minimum Gasteiger partial charge on any atom is -0.494 e. The Bertz CT molecular complexity index is 430. The lowest BCUT2D eigenvalue weighted by Gasteiger charge is -2.45. The minimum atomic E-state index is 0.469. The number of para-hydroxylation sites is 1. The number of ketones is 1. The molecule has 2 bridgehead atoms. The lowest BCUT2D eigenvalue weighted by atomic mass is 9.84. The van der Waals surface area contributed by atoms with E-state index in [1.54, 1.807) is 0 Å². The smallest absolute Gasteiger partial charge is 0.136 e. The van der Waals surface area contributed by atoms with E-state index in [1.165, 1.54) is 19.3 Å². The van der Waals surface area contributed by atoms with Gasteiger partial charge in [0.25, 0.3) is 0 Å². The van der Waals surface area contributed by atoms with Crippen molar-refractivity contribution in [3.8, 4) is 5.75 Å². The van der Waals surface area contributed by atoms with Gasteiger partial charge in [0, 0.05) is 31.5 Å². The van der Waals surface area contributed by atoms with E-state index in [-0.39, 0.29) is 0 Å². The molecule has 0 amide bonds. The van der Waals surface area contributed by atoms with Crippen LogP contribution < -0.4 is 4.74 Å². The first kappa shape index (κ1) is 13.6. The molecule has 2 aliphatic heterocycles. The molecule has 2 unspecified atom stereocenters. The first-order valence-corrected chi connectivity index (χ1v) is 7.78. The monoisotopic (exact) mass is 273 g/mol. The van der Waals surface area contributed by atoms with Crippen LogP contribution in [0.15, 0.2) is 30.3 Å². The number of piperidine rings is 2. The number of carbonyl (C=O) groups is 1. The van der Waals surface area contributed by atoms with E-state index in [1.807, 2.05) is 30.3 Å². The van der Waals surface area contributed by atoms with Crippen molar-refractivity contribution in [1.29, 1.82) is 0 Å². The van der Waals surface area contributed by atoms with Crippen molar-refractivity contribution in [3.05, 3.63) is 30.3 Å². The topological polar surface area (TPSA) is 29.5 Å².